The van der Waals surface area contributed by atoms with Gasteiger partial charge < -0.3 is 74.5 Å². The molecule has 0 rings (SSSR count). The number of carbonyl (C=O) groups is 9. The molecular formula is C85H160N10O13S. The highest BCUT2D eigenvalue weighted by Crippen LogP contribution is 2.19. The van der Waals surface area contributed by atoms with Crippen LogP contribution in [0.15, 0.2) is 24.3 Å². The van der Waals surface area contributed by atoms with Crippen LogP contribution < -0.4 is 54.8 Å². The first-order valence-corrected chi connectivity index (χ1v) is 44.9. The summed E-state index contributed by atoms with van der Waals surface area (Å²) in [6.07, 6.45) is 56.5. The maximum absolute atomic E-state index is 14.6. The van der Waals surface area contributed by atoms with Crippen molar-refractivity contribution in [3.8, 4) is 0 Å². The molecule has 16 N–H and O–H groups in total. The average Bonchev–Trinajstić information content (AvgIpc) is 0.863. The number of thioether (sulfide) groups is 1. The van der Waals surface area contributed by atoms with Crippen LogP contribution in [0, 0.1) is 0 Å². The zero-order valence-corrected chi connectivity index (χ0v) is 69.6. The summed E-state index contributed by atoms with van der Waals surface area (Å²) in [7, 11) is 0. The van der Waals surface area contributed by atoms with Crippen molar-refractivity contribution in [1.29, 1.82) is 0 Å². The molecule has 0 aromatic carbocycles. The molecular weight excluding hydrogens is 1400 g/mol. The van der Waals surface area contributed by atoms with Crippen molar-refractivity contribution in [3.63, 3.8) is 0 Å². The third kappa shape index (κ3) is 63.0. The van der Waals surface area contributed by atoms with Crippen molar-refractivity contribution in [2.45, 2.75) is 410 Å². The number of nitrogens with two attached hydrogens (primary N) is 4. The van der Waals surface area contributed by atoms with Gasteiger partial charge in [0.1, 0.15) is 49.0 Å². The molecule has 109 heavy (non-hydrogen) atoms. The lowest BCUT2D eigenvalue weighted by atomic mass is 10.0. The summed E-state index contributed by atoms with van der Waals surface area (Å²) in [4.78, 5) is 124. The molecule has 0 bridgehead atoms. The second-order valence-corrected chi connectivity index (χ2v) is 31.2. The minimum absolute atomic E-state index is 0.0353. The number of rotatable bonds is 80. The Morgan fingerprint density at radius 2 is 0.624 bits per heavy atom. The van der Waals surface area contributed by atoms with Crippen molar-refractivity contribution in [3.05, 3.63) is 24.3 Å². The van der Waals surface area contributed by atoms with Crippen LogP contribution in [-0.4, -0.2) is 157 Å². The van der Waals surface area contributed by atoms with Crippen molar-refractivity contribution in [2.75, 3.05) is 50.9 Å². The number of nitrogens with one attached hydrogen (secondary N) is 6. The number of aliphatic carboxylic acids is 1. The minimum Gasteiger partial charge on any atom is -0.480 e. The highest BCUT2D eigenvalue weighted by molar-refractivity contribution is 7.99. The maximum Gasteiger partial charge on any atom is 0.326 e. The Labute approximate surface area is 664 Å². The number of allylic oxidation sites excluding steroid dienone is 4. The molecule has 23 nitrogen and oxygen atoms in total. The van der Waals surface area contributed by atoms with Crippen molar-refractivity contribution in [1.82, 2.24) is 31.9 Å². The van der Waals surface area contributed by atoms with Gasteiger partial charge >= 0.3 is 17.9 Å². The van der Waals surface area contributed by atoms with Crippen LogP contribution in [0.2, 0.25) is 0 Å². The number of carbonyl (C=O) groups excluding carboxylic acids is 8. The van der Waals surface area contributed by atoms with Crippen LogP contribution in [0.1, 0.15) is 367 Å². The van der Waals surface area contributed by atoms with Gasteiger partial charge in [-0.2, -0.15) is 11.8 Å². The number of aliphatic hydroxyl groups is 1. The summed E-state index contributed by atoms with van der Waals surface area (Å²) in [5, 5.41) is 36.9. The van der Waals surface area contributed by atoms with Crippen LogP contribution in [0.25, 0.3) is 0 Å². The summed E-state index contributed by atoms with van der Waals surface area (Å²) in [6, 6.07) is -7.89. The standard InChI is InChI=1S/C85H160N10O13S/c1-4-7-10-13-16-19-22-25-27-30-33-36-39-42-45-60-78(98)107-67-70(108-79(99)61-46-43-40-37-34-31-28-26-23-20-17-14-11-8-5-2)68-109-69-76(90-77(97)59-44-41-38-35-32-29-24-21-18-15-12-9-6-3)84(104)95-75(66-96)83(103)93-72(56-48-52-63-87)81(101)91-71(55-47-51-62-86)80(100)92-73(57-49-53-64-88)82(102)94-74(85(105)106)58-50-54-65-89/h25-28,70-76,96H,4-24,29-69,86-89H2,1-3H3,(H,90,97)(H,91,101)(H,92,100)(H,93,103)(H,94,102)(H,95,104)(H,105,106)/b27-25+,28-26+/t70?,71-,72-,73-,74-,75-,76-/m0/s1. The molecule has 0 aliphatic carbocycles. The lowest BCUT2D eigenvalue weighted by Crippen LogP contribution is -2.60. The Balaban J connectivity index is 6.63. The molecule has 0 spiro atoms. The normalized spacial score (nSPS) is 13.5. The van der Waals surface area contributed by atoms with Crippen LogP contribution in [-0.2, 0) is 52.6 Å². The second kappa shape index (κ2) is 76.8. The predicted molar refractivity (Wildman–Crippen MR) is 445 cm³/mol. The lowest BCUT2D eigenvalue weighted by Gasteiger charge is -2.27. The summed E-state index contributed by atoms with van der Waals surface area (Å²) in [6.45, 7) is 6.78. The third-order valence-corrected chi connectivity index (χ3v) is 21.1. The second-order valence-electron chi connectivity index (χ2n) is 30.1. The number of carboxylic acids is 1. The van der Waals surface area contributed by atoms with Gasteiger partial charge in [0.2, 0.25) is 35.4 Å². The largest absolute Gasteiger partial charge is 0.480 e. The number of aliphatic hydroxyl groups excluding tert-OH is 1. The molecule has 7 atom stereocenters. The van der Waals surface area contributed by atoms with Gasteiger partial charge in [0.15, 0.2) is 0 Å². The zero-order chi connectivity index (χ0) is 80.3. The number of amides is 6. The zero-order valence-electron chi connectivity index (χ0n) is 68.8. The average molecular weight is 1560 g/mol. The minimum atomic E-state index is -1.63. The van der Waals surface area contributed by atoms with E-state index in [9.17, 15) is 53.4 Å². The molecule has 0 saturated carbocycles. The first kappa shape index (κ1) is 104. The molecule has 6 amide bonds. The van der Waals surface area contributed by atoms with Gasteiger partial charge in [0, 0.05) is 30.8 Å². The van der Waals surface area contributed by atoms with E-state index < -0.39 is 102 Å². The monoisotopic (exact) mass is 1560 g/mol. The molecule has 0 aromatic heterocycles. The Hall–Kier alpha value is -5.14. The van der Waals surface area contributed by atoms with Crippen molar-refractivity contribution in [2.24, 2.45) is 22.9 Å². The van der Waals surface area contributed by atoms with E-state index in [0.717, 1.165) is 103 Å². The Morgan fingerprint density at radius 3 is 0.972 bits per heavy atom. The van der Waals surface area contributed by atoms with Gasteiger partial charge in [0.05, 0.1) is 6.61 Å². The van der Waals surface area contributed by atoms with E-state index in [4.69, 9.17) is 32.4 Å². The first-order chi connectivity index (χ1) is 53.0. The summed E-state index contributed by atoms with van der Waals surface area (Å²) in [5.41, 5.74) is 23.1. The van der Waals surface area contributed by atoms with E-state index in [0.29, 0.717) is 83.7 Å². The van der Waals surface area contributed by atoms with E-state index in [1.54, 1.807) is 0 Å². The van der Waals surface area contributed by atoms with E-state index in [-0.39, 0.29) is 76.1 Å². The number of unbranched alkanes of at least 4 members (excludes halogenated alkanes) is 38. The Morgan fingerprint density at radius 1 is 0.330 bits per heavy atom. The smallest absolute Gasteiger partial charge is 0.326 e. The van der Waals surface area contributed by atoms with E-state index in [1.807, 2.05) is 0 Å². The fourth-order valence-electron chi connectivity index (χ4n) is 13.0. The number of carboxylic acid groups (broad SMARTS) is 1. The van der Waals surface area contributed by atoms with Gasteiger partial charge in [-0.05, 0) is 174 Å². The summed E-state index contributed by atoms with van der Waals surface area (Å²) >= 11 is 1.20. The predicted octanol–water partition coefficient (Wildman–Crippen LogP) is 14.2. The fraction of sp³-hybridized carbons (Fsp3) is 0.847. The van der Waals surface area contributed by atoms with Crippen LogP contribution >= 0.6 is 11.8 Å². The molecule has 1 unspecified atom stereocenters. The van der Waals surface area contributed by atoms with Gasteiger partial charge in [0.25, 0.3) is 0 Å². The van der Waals surface area contributed by atoms with Crippen molar-refractivity contribution >= 4 is 65.1 Å². The highest BCUT2D eigenvalue weighted by atomic mass is 32.2. The molecule has 0 aromatic rings. The molecule has 0 saturated heterocycles. The van der Waals surface area contributed by atoms with Crippen molar-refractivity contribution < 1.29 is 62.8 Å². The van der Waals surface area contributed by atoms with E-state index >= 15 is 0 Å². The number of hydrogen-bond donors (Lipinski definition) is 12. The number of esters is 2. The first-order valence-electron chi connectivity index (χ1n) is 43.7. The SMILES string of the molecule is CCCCCCCC/C=C/CCCCCCCC(=O)OCC(CSC[C@H](NC(=O)CCCCCCCCCCCCCCC)C(=O)N[C@@H](CO)C(=O)N[C@@H](CCCCN)C(=O)N[C@@H](CCCCN)C(=O)N[C@@H](CCCCN)C(=O)N[C@@H](CCCCN)C(=O)O)OC(=O)CCCCCCC/C=C/CCCCCCCC. The molecule has 0 radical (unpaired) electrons. The van der Waals surface area contributed by atoms with Gasteiger partial charge in [-0.25, -0.2) is 4.79 Å². The van der Waals surface area contributed by atoms with E-state index in [2.05, 4.69) is 77.0 Å². The number of ether oxygens (including phenoxy) is 2. The van der Waals surface area contributed by atoms with Crippen LogP contribution in [0.3, 0.4) is 0 Å². The van der Waals surface area contributed by atoms with E-state index in [1.165, 1.54) is 140 Å². The molecule has 634 valence electrons. The van der Waals surface area contributed by atoms with Crippen LogP contribution in [0.4, 0.5) is 0 Å². The maximum atomic E-state index is 14.6. The molecule has 0 aliphatic heterocycles. The molecule has 24 heteroatoms. The van der Waals surface area contributed by atoms with Gasteiger partial charge in [-0.3, -0.25) is 38.4 Å². The summed E-state index contributed by atoms with van der Waals surface area (Å²) in [5.74, 6) is -6.42. The molecule has 0 heterocycles. The highest BCUT2D eigenvalue weighted by Gasteiger charge is 2.34. The molecule has 0 aliphatic rings. The lowest BCUT2D eigenvalue weighted by molar-refractivity contribution is -0.157. The number of hydrogen-bond acceptors (Lipinski definition) is 17. The topological polar surface area (TPSA) is 389 Å². The molecule has 0 fully saturated rings. The fourth-order valence-corrected chi connectivity index (χ4v) is 14.0. The van der Waals surface area contributed by atoms with Gasteiger partial charge in [-0.1, -0.05) is 225 Å². The third-order valence-electron chi connectivity index (χ3n) is 19.9. The Bertz CT molecular complexity index is 2340. The quantitative estimate of drug-likeness (QED) is 0.0153. The summed E-state index contributed by atoms with van der Waals surface area (Å²) < 4.78 is 11.8. The Kier molecular flexibility index (Phi) is 73.2. The van der Waals surface area contributed by atoms with Crippen LogP contribution in [0.5, 0.6) is 0 Å². The van der Waals surface area contributed by atoms with Gasteiger partial charge in [-0.15, -0.1) is 0 Å².